The summed E-state index contributed by atoms with van der Waals surface area (Å²) in [4.78, 5) is 4.06. The summed E-state index contributed by atoms with van der Waals surface area (Å²) in [7, 11) is 1.63. The first-order valence-electron chi connectivity index (χ1n) is 4.82. The van der Waals surface area contributed by atoms with Gasteiger partial charge in [-0.3, -0.25) is 4.98 Å². The Morgan fingerprint density at radius 2 is 2.07 bits per heavy atom. The van der Waals surface area contributed by atoms with Crippen LogP contribution in [0.5, 0.6) is 5.75 Å². The molecule has 15 heavy (non-hydrogen) atoms. The highest BCUT2D eigenvalue weighted by Crippen LogP contribution is 2.30. The van der Waals surface area contributed by atoms with Crippen molar-refractivity contribution in [3.63, 3.8) is 0 Å². The lowest BCUT2D eigenvalue weighted by Gasteiger charge is -2.11. The van der Waals surface area contributed by atoms with E-state index in [9.17, 15) is 5.11 Å². The average Bonchev–Trinajstić information content (AvgIpc) is 2.27. The van der Waals surface area contributed by atoms with Crippen LogP contribution < -0.4 is 4.74 Å². The second-order valence-corrected chi connectivity index (χ2v) is 3.45. The molecule has 1 aromatic carbocycles. The second-order valence-electron chi connectivity index (χ2n) is 3.45. The summed E-state index contributed by atoms with van der Waals surface area (Å²) >= 11 is 0. The molecule has 3 heteroatoms. The molecule has 0 saturated heterocycles. The van der Waals surface area contributed by atoms with Crippen LogP contribution in [0.4, 0.5) is 0 Å². The van der Waals surface area contributed by atoms with Crippen LogP contribution in [0.15, 0.2) is 30.6 Å². The summed E-state index contributed by atoms with van der Waals surface area (Å²) in [5, 5.41) is 11.5. The third-order valence-corrected chi connectivity index (χ3v) is 2.48. The number of fused-ring (bicyclic) bond motifs is 1. The molecule has 0 radical (unpaired) electrons. The minimum absolute atomic E-state index is 0.485. The van der Waals surface area contributed by atoms with Crippen molar-refractivity contribution in [1.82, 2.24) is 4.98 Å². The second kappa shape index (κ2) is 3.87. The fourth-order valence-corrected chi connectivity index (χ4v) is 1.73. The summed E-state index contributed by atoms with van der Waals surface area (Å²) < 4.78 is 5.24. The molecule has 2 rings (SSSR count). The summed E-state index contributed by atoms with van der Waals surface area (Å²) in [5.74, 6) is 0.780. The van der Waals surface area contributed by atoms with E-state index >= 15 is 0 Å². The van der Waals surface area contributed by atoms with Gasteiger partial charge < -0.3 is 9.84 Å². The number of ether oxygens (including phenoxy) is 1. The zero-order valence-electron chi connectivity index (χ0n) is 8.77. The first-order chi connectivity index (χ1) is 7.24. The molecule has 2 aromatic rings. The van der Waals surface area contributed by atoms with Gasteiger partial charge in [-0.05, 0) is 30.0 Å². The van der Waals surface area contributed by atoms with Gasteiger partial charge in [0.2, 0.25) is 0 Å². The van der Waals surface area contributed by atoms with E-state index in [2.05, 4.69) is 4.98 Å². The molecule has 1 heterocycles. The molecule has 0 fully saturated rings. The van der Waals surface area contributed by atoms with Gasteiger partial charge >= 0.3 is 0 Å². The van der Waals surface area contributed by atoms with Crippen molar-refractivity contribution in [2.75, 3.05) is 7.11 Å². The van der Waals surface area contributed by atoms with Gasteiger partial charge in [0.05, 0.1) is 13.2 Å². The van der Waals surface area contributed by atoms with Gasteiger partial charge in [-0.1, -0.05) is 6.07 Å². The Morgan fingerprint density at radius 3 is 2.73 bits per heavy atom. The summed E-state index contributed by atoms with van der Waals surface area (Å²) in [6.45, 7) is 1.75. The number of nitrogens with zero attached hydrogens (tertiary/aromatic N) is 1. The number of methoxy groups -OCH3 is 1. The lowest BCUT2D eigenvalue weighted by atomic mass is 10.0. The predicted molar refractivity (Wildman–Crippen MR) is 58.9 cm³/mol. The van der Waals surface area contributed by atoms with Crippen LogP contribution in [0, 0.1) is 0 Å². The van der Waals surface area contributed by atoms with Gasteiger partial charge in [0.25, 0.3) is 0 Å². The van der Waals surface area contributed by atoms with Crippen LogP contribution in [0.3, 0.4) is 0 Å². The topological polar surface area (TPSA) is 42.4 Å². The van der Waals surface area contributed by atoms with Crippen LogP contribution in [-0.4, -0.2) is 17.2 Å². The maximum Gasteiger partial charge on any atom is 0.128 e. The third-order valence-electron chi connectivity index (χ3n) is 2.48. The first kappa shape index (κ1) is 9.93. The van der Waals surface area contributed by atoms with Crippen molar-refractivity contribution in [3.8, 4) is 5.75 Å². The SMILES string of the molecule is COc1ccc(C(C)O)c2ccncc12. The number of hydrogen-bond acceptors (Lipinski definition) is 3. The fraction of sp³-hybridized carbons (Fsp3) is 0.250. The Balaban J connectivity index is 2.77. The quantitative estimate of drug-likeness (QED) is 0.814. The molecule has 78 valence electrons. The molecule has 1 N–H and O–H groups in total. The average molecular weight is 203 g/mol. The minimum atomic E-state index is -0.485. The van der Waals surface area contributed by atoms with Gasteiger partial charge in [0.1, 0.15) is 5.75 Å². The molecule has 0 saturated carbocycles. The minimum Gasteiger partial charge on any atom is -0.496 e. The number of aliphatic hydroxyl groups is 1. The summed E-state index contributed by atoms with van der Waals surface area (Å²) in [5.41, 5.74) is 0.896. The lowest BCUT2D eigenvalue weighted by molar-refractivity contribution is 0.201. The van der Waals surface area contributed by atoms with E-state index in [1.807, 2.05) is 18.2 Å². The lowest BCUT2D eigenvalue weighted by Crippen LogP contribution is -1.94. The molecular formula is C12H13NO2. The smallest absolute Gasteiger partial charge is 0.128 e. The van der Waals surface area contributed by atoms with Crippen LogP contribution in [0.25, 0.3) is 10.8 Å². The molecule has 1 unspecified atom stereocenters. The van der Waals surface area contributed by atoms with Gasteiger partial charge in [0.15, 0.2) is 0 Å². The Labute approximate surface area is 88.3 Å². The molecule has 3 nitrogen and oxygen atoms in total. The zero-order valence-corrected chi connectivity index (χ0v) is 8.77. The molecule has 1 aromatic heterocycles. The van der Waals surface area contributed by atoms with Crippen molar-refractivity contribution in [3.05, 3.63) is 36.2 Å². The molecule has 1 atom stereocenters. The predicted octanol–water partition coefficient (Wildman–Crippen LogP) is 2.30. The molecular weight excluding hydrogens is 190 g/mol. The van der Waals surface area contributed by atoms with Gasteiger partial charge in [-0.2, -0.15) is 0 Å². The largest absolute Gasteiger partial charge is 0.496 e. The maximum absolute atomic E-state index is 9.62. The molecule has 0 aliphatic heterocycles. The highest BCUT2D eigenvalue weighted by Gasteiger charge is 2.09. The van der Waals surface area contributed by atoms with Crippen molar-refractivity contribution in [1.29, 1.82) is 0 Å². The Bertz CT molecular complexity index is 480. The van der Waals surface area contributed by atoms with Gasteiger partial charge in [-0.15, -0.1) is 0 Å². The molecule has 0 bridgehead atoms. The number of aromatic nitrogens is 1. The van der Waals surface area contributed by atoms with E-state index in [0.717, 1.165) is 22.1 Å². The van der Waals surface area contributed by atoms with Crippen molar-refractivity contribution in [2.24, 2.45) is 0 Å². The highest BCUT2D eigenvalue weighted by atomic mass is 16.5. The van der Waals surface area contributed by atoms with Crippen LogP contribution in [0.1, 0.15) is 18.6 Å². The molecule has 0 amide bonds. The standard InChI is InChI=1S/C12H13NO2/c1-8(14)9-3-4-12(15-2)11-7-13-6-5-10(9)11/h3-8,14H,1-2H3. The normalized spacial score (nSPS) is 12.7. The maximum atomic E-state index is 9.62. The number of hydrogen-bond donors (Lipinski definition) is 1. The number of benzene rings is 1. The summed E-state index contributed by atoms with van der Waals surface area (Å²) in [6.07, 6.45) is 2.98. The van der Waals surface area contributed by atoms with Crippen molar-refractivity contribution < 1.29 is 9.84 Å². The van der Waals surface area contributed by atoms with Gasteiger partial charge in [-0.25, -0.2) is 0 Å². The number of pyridine rings is 1. The van der Waals surface area contributed by atoms with Crippen molar-refractivity contribution in [2.45, 2.75) is 13.0 Å². The third kappa shape index (κ3) is 1.66. The van der Waals surface area contributed by atoms with E-state index < -0.39 is 6.10 Å². The zero-order chi connectivity index (χ0) is 10.8. The highest BCUT2D eigenvalue weighted by molar-refractivity contribution is 5.90. The van der Waals surface area contributed by atoms with E-state index in [1.165, 1.54) is 0 Å². The van der Waals surface area contributed by atoms with Crippen LogP contribution in [-0.2, 0) is 0 Å². The molecule has 0 aliphatic carbocycles. The van der Waals surface area contributed by atoms with E-state index in [-0.39, 0.29) is 0 Å². The Hall–Kier alpha value is -1.61. The first-order valence-corrected chi connectivity index (χ1v) is 4.82. The van der Waals surface area contributed by atoms with E-state index in [4.69, 9.17) is 4.74 Å². The number of rotatable bonds is 2. The monoisotopic (exact) mass is 203 g/mol. The van der Waals surface area contributed by atoms with Crippen LogP contribution in [0.2, 0.25) is 0 Å². The van der Waals surface area contributed by atoms with E-state index in [0.29, 0.717) is 0 Å². The van der Waals surface area contributed by atoms with Gasteiger partial charge in [0, 0.05) is 17.8 Å². The Morgan fingerprint density at radius 1 is 1.27 bits per heavy atom. The molecule has 0 aliphatic rings. The molecule has 0 spiro atoms. The summed E-state index contributed by atoms with van der Waals surface area (Å²) in [6, 6.07) is 5.62. The van der Waals surface area contributed by atoms with E-state index in [1.54, 1.807) is 26.4 Å². The fourth-order valence-electron chi connectivity index (χ4n) is 1.73. The van der Waals surface area contributed by atoms with Crippen molar-refractivity contribution >= 4 is 10.8 Å². The van der Waals surface area contributed by atoms with Crippen LogP contribution >= 0.6 is 0 Å². The number of aliphatic hydroxyl groups excluding tert-OH is 1. The Kier molecular flexibility index (Phi) is 2.56.